The number of aryl methyl sites for hydroxylation is 1. The number of rotatable bonds is 7. The van der Waals surface area contributed by atoms with Gasteiger partial charge in [0.15, 0.2) is 14.6 Å². The van der Waals surface area contributed by atoms with E-state index in [1.54, 1.807) is 30.3 Å². The van der Waals surface area contributed by atoms with E-state index in [1.165, 1.54) is 11.3 Å². The third-order valence-corrected chi connectivity index (χ3v) is 7.13. The number of amides is 1. The molecule has 0 saturated heterocycles. The number of fused-ring (bicyclic) bond motifs is 1. The Morgan fingerprint density at radius 2 is 1.89 bits per heavy atom. The first-order valence-electron chi connectivity index (χ1n) is 8.99. The van der Waals surface area contributed by atoms with Crippen molar-refractivity contribution in [1.29, 1.82) is 0 Å². The summed E-state index contributed by atoms with van der Waals surface area (Å²) < 4.78 is 33.0. The molecule has 0 fully saturated rings. The summed E-state index contributed by atoms with van der Waals surface area (Å²) in [5, 5.41) is 0. The minimum atomic E-state index is -3.38. The van der Waals surface area contributed by atoms with E-state index in [9.17, 15) is 13.2 Å². The maximum Gasteiger partial charge on any atom is 0.248 e. The molecule has 0 aliphatic rings. The minimum absolute atomic E-state index is 0.0781. The first-order chi connectivity index (χ1) is 13.4. The zero-order valence-electron chi connectivity index (χ0n) is 15.8. The van der Waals surface area contributed by atoms with E-state index in [-0.39, 0.29) is 29.4 Å². The molecule has 0 saturated carbocycles. The van der Waals surface area contributed by atoms with E-state index < -0.39 is 9.84 Å². The molecular formula is C20H22N2O4S2. The molecule has 0 N–H and O–H groups in total. The molecule has 1 amide bonds. The van der Waals surface area contributed by atoms with Gasteiger partial charge in [0.2, 0.25) is 5.91 Å². The van der Waals surface area contributed by atoms with Gasteiger partial charge in [-0.3, -0.25) is 4.79 Å². The molecule has 0 atom stereocenters. The van der Waals surface area contributed by atoms with Crippen molar-refractivity contribution in [3.63, 3.8) is 0 Å². The fraction of sp³-hybridized carbons (Fsp3) is 0.300. The molecule has 3 aromatic rings. The van der Waals surface area contributed by atoms with Crippen LogP contribution in [0.2, 0.25) is 0 Å². The Morgan fingerprint density at radius 1 is 1.14 bits per heavy atom. The van der Waals surface area contributed by atoms with Gasteiger partial charge in [-0.2, -0.15) is 4.99 Å². The quantitative estimate of drug-likeness (QED) is 0.590. The van der Waals surface area contributed by atoms with Gasteiger partial charge in [-0.15, -0.1) is 0 Å². The predicted octanol–water partition coefficient (Wildman–Crippen LogP) is 3.32. The van der Waals surface area contributed by atoms with Crippen LogP contribution in [0.4, 0.5) is 0 Å². The summed E-state index contributed by atoms with van der Waals surface area (Å²) in [6.07, 6.45) is 0.316. The van der Waals surface area contributed by atoms with Crippen molar-refractivity contribution in [2.45, 2.75) is 24.7 Å². The number of hydrogen-bond donors (Lipinski definition) is 0. The fourth-order valence-corrected chi connectivity index (χ4v) is 5.25. The van der Waals surface area contributed by atoms with Gasteiger partial charge < -0.3 is 9.30 Å². The average molecular weight is 419 g/mol. The van der Waals surface area contributed by atoms with Crippen molar-refractivity contribution >= 4 is 37.3 Å². The molecule has 8 heteroatoms. The Bertz CT molecular complexity index is 1150. The number of aromatic nitrogens is 1. The zero-order chi connectivity index (χ0) is 20.1. The normalized spacial score (nSPS) is 12.4. The van der Waals surface area contributed by atoms with Gasteiger partial charge in [-0.25, -0.2) is 8.42 Å². The van der Waals surface area contributed by atoms with Crippen molar-refractivity contribution in [3.8, 4) is 5.75 Å². The summed E-state index contributed by atoms with van der Waals surface area (Å²) in [6.45, 7) is 2.47. The molecule has 148 valence electrons. The number of ether oxygens (including phenoxy) is 1. The van der Waals surface area contributed by atoms with Crippen LogP contribution < -0.4 is 9.54 Å². The SMILES string of the molecule is CCOc1cccc2sc(=NC(=O)CCCS(=O)(=O)c3ccccc3)n(C)c12. The van der Waals surface area contributed by atoms with E-state index in [1.807, 2.05) is 36.7 Å². The first kappa shape index (κ1) is 20.3. The molecule has 3 rings (SSSR count). The van der Waals surface area contributed by atoms with E-state index in [0.717, 1.165) is 16.0 Å². The van der Waals surface area contributed by atoms with Gasteiger partial charge in [0.05, 0.1) is 22.0 Å². The Kier molecular flexibility index (Phi) is 6.31. The van der Waals surface area contributed by atoms with Crippen LogP contribution >= 0.6 is 11.3 Å². The van der Waals surface area contributed by atoms with E-state index >= 15 is 0 Å². The Labute approximate surface area is 168 Å². The third-order valence-electron chi connectivity index (χ3n) is 4.21. The van der Waals surface area contributed by atoms with Crippen LogP contribution in [0.3, 0.4) is 0 Å². The van der Waals surface area contributed by atoms with E-state index in [4.69, 9.17) is 4.74 Å². The highest BCUT2D eigenvalue weighted by Gasteiger charge is 2.15. The lowest BCUT2D eigenvalue weighted by Crippen LogP contribution is -2.14. The smallest absolute Gasteiger partial charge is 0.248 e. The van der Waals surface area contributed by atoms with Crippen molar-refractivity contribution < 1.29 is 17.9 Å². The van der Waals surface area contributed by atoms with Crippen molar-refractivity contribution in [2.24, 2.45) is 12.0 Å². The molecule has 0 radical (unpaired) electrons. The molecule has 0 bridgehead atoms. The fourth-order valence-electron chi connectivity index (χ4n) is 2.87. The highest BCUT2D eigenvalue weighted by atomic mass is 32.2. The topological polar surface area (TPSA) is 77.7 Å². The van der Waals surface area contributed by atoms with Crippen LogP contribution in [0, 0.1) is 0 Å². The standard InChI is InChI=1S/C20H22N2O4S2/c1-3-26-16-11-7-12-17-19(16)22(2)20(27-17)21-18(23)13-8-14-28(24,25)15-9-5-4-6-10-15/h4-7,9-12H,3,8,13-14H2,1-2H3. The molecule has 1 heterocycles. The predicted molar refractivity (Wildman–Crippen MR) is 110 cm³/mol. The van der Waals surface area contributed by atoms with Gasteiger partial charge in [-0.05, 0) is 37.6 Å². The van der Waals surface area contributed by atoms with Gasteiger partial charge in [-0.1, -0.05) is 35.6 Å². The number of thiazole rings is 1. The Hall–Kier alpha value is -2.45. The van der Waals surface area contributed by atoms with Gasteiger partial charge >= 0.3 is 0 Å². The number of hydrogen-bond acceptors (Lipinski definition) is 5. The molecule has 2 aromatic carbocycles. The number of benzene rings is 2. The molecule has 28 heavy (non-hydrogen) atoms. The molecule has 0 aliphatic heterocycles. The Balaban J connectivity index is 1.73. The largest absolute Gasteiger partial charge is 0.492 e. The van der Waals surface area contributed by atoms with Crippen molar-refractivity contribution in [3.05, 3.63) is 53.3 Å². The van der Waals surface area contributed by atoms with Crippen molar-refractivity contribution in [1.82, 2.24) is 4.57 Å². The summed E-state index contributed by atoms with van der Waals surface area (Å²) in [6, 6.07) is 14.0. The second-order valence-electron chi connectivity index (χ2n) is 6.22. The lowest BCUT2D eigenvalue weighted by Gasteiger charge is -2.05. The summed E-state index contributed by atoms with van der Waals surface area (Å²) in [5.41, 5.74) is 0.896. The second kappa shape index (κ2) is 8.70. The molecule has 1 aromatic heterocycles. The number of carbonyl (C=O) groups is 1. The summed E-state index contributed by atoms with van der Waals surface area (Å²) in [7, 11) is -1.54. The molecule has 0 spiro atoms. The number of sulfone groups is 1. The zero-order valence-corrected chi connectivity index (χ0v) is 17.4. The third kappa shape index (κ3) is 4.51. The maximum absolute atomic E-state index is 12.3. The Morgan fingerprint density at radius 3 is 2.61 bits per heavy atom. The van der Waals surface area contributed by atoms with Crippen LogP contribution in [-0.4, -0.2) is 31.3 Å². The van der Waals surface area contributed by atoms with Crippen LogP contribution in [0.25, 0.3) is 10.2 Å². The summed E-state index contributed by atoms with van der Waals surface area (Å²) in [4.78, 5) is 17.3. The van der Waals surface area contributed by atoms with Gasteiger partial charge in [0.1, 0.15) is 11.3 Å². The highest BCUT2D eigenvalue weighted by molar-refractivity contribution is 7.91. The minimum Gasteiger partial charge on any atom is -0.492 e. The van der Waals surface area contributed by atoms with Crippen LogP contribution in [0.1, 0.15) is 19.8 Å². The molecular weight excluding hydrogens is 396 g/mol. The number of carbonyl (C=O) groups excluding carboxylic acids is 1. The van der Waals surface area contributed by atoms with Crippen LogP contribution in [-0.2, 0) is 21.7 Å². The lowest BCUT2D eigenvalue weighted by atomic mass is 10.3. The number of para-hydroxylation sites is 1. The van der Waals surface area contributed by atoms with E-state index in [2.05, 4.69) is 4.99 Å². The molecule has 6 nitrogen and oxygen atoms in total. The molecule has 0 aliphatic carbocycles. The number of nitrogens with zero attached hydrogens (tertiary/aromatic N) is 2. The van der Waals surface area contributed by atoms with Gasteiger partial charge in [0.25, 0.3) is 0 Å². The van der Waals surface area contributed by atoms with Crippen molar-refractivity contribution in [2.75, 3.05) is 12.4 Å². The lowest BCUT2D eigenvalue weighted by molar-refractivity contribution is -0.118. The van der Waals surface area contributed by atoms with Gasteiger partial charge in [0, 0.05) is 13.5 Å². The first-order valence-corrected chi connectivity index (χ1v) is 11.5. The summed E-state index contributed by atoms with van der Waals surface area (Å²) >= 11 is 1.41. The van der Waals surface area contributed by atoms with Crippen LogP contribution in [0.5, 0.6) is 5.75 Å². The molecule has 0 unspecified atom stereocenters. The van der Waals surface area contributed by atoms with Crippen LogP contribution in [0.15, 0.2) is 58.4 Å². The van der Waals surface area contributed by atoms with E-state index in [0.29, 0.717) is 11.4 Å². The highest BCUT2D eigenvalue weighted by Crippen LogP contribution is 2.26. The summed E-state index contributed by atoms with van der Waals surface area (Å²) in [5.74, 6) is 0.343. The second-order valence-corrected chi connectivity index (χ2v) is 9.34. The maximum atomic E-state index is 12.3. The monoisotopic (exact) mass is 418 g/mol. The average Bonchev–Trinajstić information content (AvgIpc) is 2.99.